The van der Waals surface area contributed by atoms with Crippen LogP contribution in [0.25, 0.3) is 6.08 Å². The lowest BCUT2D eigenvalue weighted by Crippen LogP contribution is -2.36. The predicted molar refractivity (Wildman–Crippen MR) is 112 cm³/mol. The Morgan fingerprint density at radius 1 is 1.14 bits per heavy atom. The summed E-state index contributed by atoms with van der Waals surface area (Å²) in [6.45, 7) is 8.55. The number of anilines is 1. The Hall–Kier alpha value is -2.80. The molecule has 2 heterocycles. The van der Waals surface area contributed by atoms with Gasteiger partial charge in [-0.25, -0.2) is 0 Å². The standard InChI is InChI=1S/C21H23N3O3S/c1-5-23-14(3)10-16(15(23)4)11-18-20(26)24(21(27)28-18)12-19(25)22-17-8-6-13(2)7-9-17/h6-11H,5,12H2,1-4H3,(H,22,25). The fraction of sp³-hybridized carbons (Fsp3) is 0.286. The third-order valence-corrected chi connectivity index (χ3v) is 5.63. The van der Waals surface area contributed by atoms with Crippen LogP contribution in [0.2, 0.25) is 0 Å². The van der Waals surface area contributed by atoms with Crippen molar-refractivity contribution in [2.45, 2.75) is 34.2 Å². The fourth-order valence-electron chi connectivity index (χ4n) is 3.22. The summed E-state index contributed by atoms with van der Waals surface area (Å²) in [5.74, 6) is -0.841. The third kappa shape index (κ3) is 4.04. The molecule has 2 aromatic rings. The summed E-state index contributed by atoms with van der Waals surface area (Å²) >= 11 is 0.868. The smallest absolute Gasteiger partial charge is 0.294 e. The molecule has 0 atom stereocenters. The first-order valence-corrected chi connectivity index (χ1v) is 9.90. The van der Waals surface area contributed by atoms with Crippen molar-refractivity contribution < 1.29 is 14.4 Å². The maximum absolute atomic E-state index is 12.7. The van der Waals surface area contributed by atoms with Crippen molar-refractivity contribution in [2.75, 3.05) is 11.9 Å². The molecule has 0 saturated carbocycles. The molecule has 0 bridgehead atoms. The van der Waals surface area contributed by atoms with E-state index in [9.17, 15) is 14.4 Å². The summed E-state index contributed by atoms with van der Waals surface area (Å²) in [4.78, 5) is 38.5. The molecule has 0 spiro atoms. The Morgan fingerprint density at radius 3 is 2.43 bits per heavy atom. The van der Waals surface area contributed by atoms with Crippen LogP contribution in [0.15, 0.2) is 35.2 Å². The van der Waals surface area contributed by atoms with Gasteiger partial charge in [0.2, 0.25) is 5.91 Å². The number of hydrogen-bond donors (Lipinski definition) is 1. The first-order valence-electron chi connectivity index (χ1n) is 9.08. The molecule has 0 aliphatic carbocycles. The number of carbonyl (C=O) groups excluding carboxylic acids is 3. The van der Waals surface area contributed by atoms with E-state index in [0.29, 0.717) is 10.6 Å². The molecule has 1 N–H and O–H groups in total. The van der Waals surface area contributed by atoms with Gasteiger partial charge in [-0.3, -0.25) is 19.3 Å². The SMILES string of the molecule is CCn1c(C)cc(C=C2SC(=O)N(CC(=O)Nc3ccc(C)cc3)C2=O)c1C. The second kappa shape index (κ2) is 8.06. The van der Waals surface area contributed by atoms with Crippen LogP contribution in [0.3, 0.4) is 0 Å². The van der Waals surface area contributed by atoms with Gasteiger partial charge in [0.15, 0.2) is 0 Å². The number of rotatable bonds is 5. The number of nitrogens with one attached hydrogen (secondary N) is 1. The van der Waals surface area contributed by atoms with Gasteiger partial charge in [0.05, 0.1) is 4.91 Å². The molecule has 0 unspecified atom stereocenters. The van der Waals surface area contributed by atoms with Gasteiger partial charge in [0, 0.05) is 23.6 Å². The van der Waals surface area contributed by atoms with Crippen LogP contribution >= 0.6 is 11.8 Å². The molecule has 1 aliphatic heterocycles. The molecule has 6 nitrogen and oxygen atoms in total. The summed E-state index contributed by atoms with van der Waals surface area (Å²) in [5.41, 5.74) is 4.77. The highest BCUT2D eigenvalue weighted by molar-refractivity contribution is 8.18. The number of carbonyl (C=O) groups is 3. The molecule has 146 valence electrons. The highest BCUT2D eigenvalue weighted by atomic mass is 32.2. The summed E-state index contributed by atoms with van der Waals surface area (Å²) < 4.78 is 2.14. The normalized spacial score (nSPS) is 15.6. The van der Waals surface area contributed by atoms with Crippen molar-refractivity contribution in [2.24, 2.45) is 0 Å². The van der Waals surface area contributed by atoms with E-state index in [4.69, 9.17) is 0 Å². The summed E-state index contributed by atoms with van der Waals surface area (Å²) in [6, 6.07) is 9.32. The van der Waals surface area contributed by atoms with Crippen molar-refractivity contribution in [3.63, 3.8) is 0 Å². The molecular formula is C21H23N3O3S. The molecule has 7 heteroatoms. The lowest BCUT2D eigenvalue weighted by atomic mass is 10.2. The molecule has 1 aliphatic rings. The van der Waals surface area contributed by atoms with Crippen molar-refractivity contribution in [3.05, 3.63) is 57.8 Å². The van der Waals surface area contributed by atoms with Crippen molar-refractivity contribution in [3.8, 4) is 0 Å². The molecule has 3 amide bonds. The molecule has 1 aromatic heterocycles. The Labute approximate surface area is 168 Å². The number of aromatic nitrogens is 1. The first kappa shape index (κ1) is 19.9. The highest BCUT2D eigenvalue weighted by Crippen LogP contribution is 2.33. The minimum atomic E-state index is -0.435. The van der Waals surface area contributed by atoms with E-state index in [1.54, 1.807) is 18.2 Å². The van der Waals surface area contributed by atoms with E-state index in [2.05, 4.69) is 16.8 Å². The van der Waals surface area contributed by atoms with Gasteiger partial charge in [-0.1, -0.05) is 17.7 Å². The van der Waals surface area contributed by atoms with E-state index in [1.165, 1.54) is 0 Å². The van der Waals surface area contributed by atoms with Crippen molar-refractivity contribution in [1.82, 2.24) is 9.47 Å². The van der Waals surface area contributed by atoms with Gasteiger partial charge in [0.25, 0.3) is 11.1 Å². The zero-order chi connectivity index (χ0) is 20.4. The van der Waals surface area contributed by atoms with Crippen LogP contribution in [0.5, 0.6) is 0 Å². The summed E-state index contributed by atoms with van der Waals surface area (Å²) in [7, 11) is 0. The summed E-state index contributed by atoms with van der Waals surface area (Å²) in [6.07, 6.45) is 1.73. The van der Waals surface area contributed by atoms with Crippen LogP contribution in [0.4, 0.5) is 10.5 Å². The van der Waals surface area contributed by atoms with Crippen LogP contribution < -0.4 is 5.32 Å². The second-order valence-corrected chi connectivity index (χ2v) is 7.75. The largest absolute Gasteiger partial charge is 0.349 e. The van der Waals surface area contributed by atoms with E-state index in [1.807, 2.05) is 39.0 Å². The maximum Gasteiger partial charge on any atom is 0.294 e. The minimum Gasteiger partial charge on any atom is -0.349 e. The lowest BCUT2D eigenvalue weighted by molar-refractivity contribution is -0.127. The average molecular weight is 398 g/mol. The Balaban J connectivity index is 1.73. The van der Waals surface area contributed by atoms with E-state index < -0.39 is 17.1 Å². The van der Waals surface area contributed by atoms with E-state index in [-0.39, 0.29) is 6.54 Å². The van der Waals surface area contributed by atoms with Crippen molar-refractivity contribution >= 4 is 40.6 Å². The molecule has 28 heavy (non-hydrogen) atoms. The number of hydrogen-bond acceptors (Lipinski definition) is 4. The molecular weight excluding hydrogens is 374 g/mol. The molecule has 1 saturated heterocycles. The quantitative estimate of drug-likeness (QED) is 0.771. The topological polar surface area (TPSA) is 71.4 Å². The molecule has 1 fully saturated rings. The van der Waals surface area contributed by atoms with Gasteiger partial charge in [0.1, 0.15) is 6.54 Å². The van der Waals surface area contributed by atoms with Gasteiger partial charge in [-0.15, -0.1) is 0 Å². The van der Waals surface area contributed by atoms with Gasteiger partial charge >= 0.3 is 0 Å². The van der Waals surface area contributed by atoms with Gasteiger partial charge in [-0.05, 0) is 69.3 Å². The monoisotopic (exact) mass is 397 g/mol. The van der Waals surface area contributed by atoms with Crippen LogP contribution in [0.1, 0.15) is 29.4 Å². The number of benzene rings is 1. The van der Waals surface area contributed by atoms with E-state index >= 15 is 0 Å². The number of aryl methyl sites for hydroxylation is 2. The van der Waals surface area contributed by atoms with Gasteiger partial charge in [-0.2, -0.15) is 0 Å². The molecule has 0 radical (unpaired) electrons. The Kier molecular flexibility index (Phi) is 5.74. The predicted octanol–water partition coefficient (Wildman–Crippen LogP) is 4.11. The number of thioether (sulfide) groups is 1. The number of nitrogens with zero attached hydrogens (tertiary/aromatic N) is 2. The average Bonchev–Trinajstić information content (AvgIpc) is 3.06. The fourth-order valence-corrected chi connectivity index (χ4v) is 4.05. The zero-order valence-electron chi connectivity index (χ0n) is 16.4. The van der Waals surface area contributed by atoms with E-state index in [0.717, 1.165) is 45.7 Å². The number of amides is 3. The highest BCUT2D eigenvalue weighted by Gasteiger charge is 2.36. The van der Waals surface area contributed by atoms with Crippen LogP contribution in [-0.4, -0.2) is 33.1 Å². The zero-order valence-corrected chi connectivity index (χ0v) is 17.2. The second-order valence-electron chi connectivity index (χ2n) is 6.75. The first-order chi connectivity index (χ1) is 13.3. The maximum atomic E-state index is 12.7. The van der Waals surface area contributed by atoms with Gasteiger partial charge < -0.3 is 9.88 Å². The molecule has 3 rings (SSSR count). The minimum absolute atomic E-state index is 0.302. The lowest BCUT2D eigenvalue weighted by Gasteiger charge is -2.12. The Morgan fingerprint density at radius 2 is 1.82 bits per heavy atom. The van der Waals surface area contributed by atoms with Crippen molar-refractivity contribution in [1.29, 1.82) is 0 Å². The van der Waals surface area contributed by atoms with Crippen LogP contribution in [0, 0.1) is 20.8 Å². The van der Waals surface area contributed by atoms with Crippen LogP contribution in [-0.2, 0) is 16.1 Å². The number of imide groups is 1. The Bertz CT molecular complexity index is 974. The third-order valence-electron chi connectivity index (χ3n) is 4.73. The molecule has 1 aromatic carbocycles. The summed E-state index contributed by atoms with van der Waals surface area (Å²) in [5, 5.41) is 2.28.